The Kier molecular flexibility index (Phi) is 7.36. The monoisotopic (exact) mass is 413 g/mol. The zero-order valence-electron chi connectivity index (χ0n) is 16.1. The molecule has 1 unspecified atom stereocenters. The molecule has 1 heterocycles. The summed E-state index contributed by atoms with van der Waals surface area (Å²) in [6.07, 6.45) is 10.2. The third-order valence-corrected chi connectivity index (χ3v) is 5.32. The number of aliphatic imine (C=N–C) groups is 1. The molecule has 2 aliphatic rings. The first kappa shape index (κ1) is 21.0. The number of amides is 4. The third-order valence-electron chi connectivity index (χ3n) is 4.95. The van der Waals surface area contributed by atoms with Crippen LogP contribution < -0.4 is 5.32 Å². The number of carbonyl (C=O) groups excluding carboxylic acids is 3. The Morgan fingerprint density at radius 2 is 1.97 bits per heavy atom. The lowest BCUT2D eigenvalue weighted by atomic mass is 9.95. The van der Waals surface area contributed by atoms with E-state index < -0.39 is 11.9 Å². The Morgan fingerprint density at radius 3 is 2.79 bits per heavy atom. The van der Waals surface area contributed by atoms with Crippen LogP contribution in [-0.2, 0) is 16.0 Å². The fourth-order valence-corrected chi connectivity index (χ4v) is 3.57. The van der Waals surface area contributed by atoms with Gasteiger partial charge < -0.3 is 5.32 Å². The van der Waals surface area contributed by atoms with Gasteiger partial charge in [0.15, 0.2) is 0 Å². The topological polar surface area (TPSA) is 78.8 Å². The van der Waals surface area contributed by atoms with Crippen LogP contribution >= 0.6 is 11.6 Å². The van der Waals surface area contributed by atoms with E-state index in [0.29, 0.717) is 49.5 Å². The summed E-state index contributed by atoms with van der Waals surface area (Å²) in [5, 5.41) is 3.60. The van der Waals surface area contributed by atoms with Crippen molar-refractivity contribution in [3.8, 4) is 0 Å². The second-order valence-corrected chi connectivity index (χ2v) is 7.44. The number of imide groups is 1. The Morgan fingerprint density at radius 1 is 1.14 bits per heavy atom. The average Bonchev–Trinajstić information content (AvgIpc) is 2.71. The Hall–Kier alpha value is -2.73. The predicted octanol–water partition coefficient (Wildman–Crippen LogP) is 3.70. The van der Waals surface area contributed by atoms with Crippen LogP contribution in [0.4, 0.5) is 4.79 Å². The van der Waals surface area contributed by atoms with Gasteiger partial charge in [-0.1, -0.05) is 54.4 Å². The third kappa shape index (κ3) is 5.64. The van der Waals surface area contributed by atoms with Crippen molar-refractivity contribution >= 4 is 35.2 Å². The van der Waals surface area contributed by atoms with Crippen molar-refractivity contribution in [1.82, 2.24) is 10.2 Å². The first-order chi connectivity index (χ1) is 14.1. The van der Waals surface area contributed by atoms with Crippen molar-refractivity contribution in [2.24, 2.45) is 10.9 Å². The summed E-state index contributed by atoms with van der Waals surface area (Å²) in [5.41, 5.74) is 1.52. The summed E-state index contributed by atoms with van der Waals surface area (Å²) >= 11 is 6.10. The molecule has 1 aliphatic heterocycles. The van der Waals surface area contributed by atoms with E-state index in [2.05, 4.69) is 10.3 Å². The van der Waals surface area contributed by atoms with Crippen LogP contribution in [0.1, 0.15) is 31.2 Å². The number of fused-ring (bicyclic) bond motifs is 1. The average molecular weight is 414 g/mol. The van der Waals surface area contributed by atoms with Gasteiger partial charge in [0.1, 0.15) is 0 Å². The summed E-state index contributed by atoms with van der Waals surface area (Å²) in [5.74, 6) is -0.685. The standard InChI is InChI=1S/C22H24ClN3O3/c23-18-10-5-3-8-16(18)13-14-24-20(27)12-2-1-7-15-26-21(28)17-9-4-6-11-19(17)25-22(26)29/h3-6,8-11,17H,1-2,7,12-15H2,(H,24,27). The molecule has 0 aromatic heterocycles. The van der Waals surface area contributed by atoms with Crippen molar-refractivity contribution < 1.29 is 14.4 Å². The second-order valence-electron chi connectivity index (χ2n) is 7.03. The molecule has 1 N–H and O–H groups in total. The molecule has 152 valence electrons. The minimum absolute atomic E-state index is 0.00412. The fraction of sp³-hybridized carbons (Fsp3) is 0.364. The number of benzene rings is 1. The van der Waals surface area contributed by atoms with E-state index in [0.717, 1.165) is 12.0 Å². The molecule has 1 atom stereocenters. The summed E-state index contributed by atoms with van der Waals surface area (Å²) < 4.78 is 0. The molecule has 0 saturated heterocycles. The molecule has 0 fully saturated rings. The molecule has 3 rings (SSSR count). The SMILES string of the molecule is O=C(CCCCCN1C(=O)N=C2C=CC=CC2C1=O)NCCc1ccccc1Cl. The van der Waals surface area contributed by atoms with Gasteiger partial charge in [-0.25, -0.2) is 4.79 Å². The summed E-state index contributed by atoms with van der Waals surface area (Å²) in [7, 11) is 0. The lowest BCUT2D eigenvalue weighted by Crippen LogP contribution is -2.46. The van der Waals surface area contributed by atoms with E-state index in [-0.39, 0.29) is 11.8 Å². The van der Waals surface area contributed by atoms with E-state index >= 15 is 0 Å². The molecule has 7 heteroatoms. The van der Waals surface area contributed by atoms with Gasteiger partial charge >= 0.3 is 6.03 Å². The van der Waals surface area contributed by atoms with Crippen molar-refractivity contribution in [1.29, 1.82) is 0 Å². The minimum Gasteiger partial charge on any atom is -0.356 e. The van der Waals surface area contributed by atoms with Gasteiger partial charge in [-0.15, -0.1) is 0 Å². The van der Waals surface area contributed by atoms with Gasteiger partial charge in [0.25, 0.3) is 0 Å². The molecule has 0 spiro atoms. The van der Waals surface area contributed by atoms with Gasteiger partial charge in [0, 0.05) is 24.5 Å². The van der Waals surface area contributed by atoms with Crippen LogP contribution in [0.15, 0.2) is 53.6 Å². The number of unbranched alkanes of at least 4 members (excludes halogenated alkanes) is 2. The van der Waals surface area contributed by atoms with E-state index in [1.807, 2.05) is 24.3 Å². The van der Waals surface area contributed by atoms with E-state index in [1.54, 1.807) is 24.3 Å². The maximum absolute atomic E-state index is 12.5. The van der Waals surface area contributed by atoms with Crippen LogP contribution in [0.5, 0.6) is 0 Å². The van der Waals surface area contributed by atoms with Gasteiger partial charge in [-0.2, -0.15) is 4.99 Å². The van der Waals surface area contributed by atoms with Gasteiger partial charge in [-0.3, -0.25) is 14.5 Å². The largest absolute Gasteiger partial charge is 0.356 e. The van der Waals surface area contributed by atoms with E-state index in [1.165, 1.54) is 4.90 Å². The van der Waals surface area contributed by atoms with Crippen molar-refractivity contribution in [3.63, 3.8) is 0 Å². The summed E-state index contributed by atoms with van der Waals surface area (Å²) in [6, 6.07) is 7.09. The number of hydrogen-bond acceptors (Lipinski definition) is 3. The molecular weight excluding hydrogens is 390 g/mol. The van der Waals surface area contributed by atoms with Crippen LogP contribution in [0, 0.1) is 5.92 Å². The molecular formula is C22H24ClN3O3. The smallest absolute Gasteiger partial charge is 0.350 e. The Balaban J connectivity index is 1.32. The summed E-state index contributed by atoms with van der Waals surface area (Å²) in [6.45, 7) is 0.875. The Labute approximate surface area is 175 Å². The van der Waals surface area contributed by atoms with E-state index in [4.69, 9.17) is 11.6 Å². The minimum atomic E-state index is -0.501. The van der Waals surface area contributed by atoms with Crippen LogP contribution in [0.3, 0.4) is 0 Å². The number of halogens is 1. The van der Waals surface area contributed by atoms with Gasteiger partial charge in [0.2, 0.25) is 11.8 Å². The van der Waals surface area contributed by atoms with Crippen LogP contribution in [0.2, 0.25) is 5.02 Å². The molecule has 4 amide bonds. The highest BCUT2D eigenvalue weighted by atomic mass is 35.5. The first-order valence-electron chi connectivity index (χ1n) is 9.85. The molecule has 1 aromatic carbocycles. The van der Waals surface area contributed by atoms with Crippen LogP contribution in [0.25, 0.3) is 0 Å². The number of urea groups is 1. The summed E-state index contributed by atoms with van der Waals surface area (Å²) in [4.78, 5) is 41.7. The van der Waals surface area contributed by atoms with E-state index in [9.17, 15) is 14.4 Å². The van der Waals surface area contributed by atoms with Gasteiger partial charge in [0.05, 0.1) is 11.6 Å². The number of rotatable bonds is 9. The quantitative estimate of drug-likeness (QED) is 0.627. The Bertz CT molecular complexity index is 876. The van der Waals surface area contributed by atoms with Crippen molar-refractivity contribution in [2.75, 3.05) is 13.1 Å². The lowest BCUT2D eigenvalue weighted by Gasteiger charge is -2.28. The fourth-order valence-electron chi connectivity index (χ4n) is 3.34. The molecule has 1 aromatic rings. The number of allylic oxidation sites excluding steroid dienone is 3. The number of nitrogens with zero attached hydrogens (tertiary/aromatic N) is 2. The molecule has 1 aliphatic carbocycles. The lowest BCUT2D eigenvalue weighted by molar-refractivity contribution is -0.129. The number of hydrogen-bond donors (Lipinski definition) is 1. The molecule has 0 radical (unpaired) electrons. The van der Waals surface area contributed by atoms with Gasteiger partial charge in [-0.05, 0) is 37.0 Å². The second kappa shape index (κ2) is 10.2. The zero-order chi connectivity index (χ0) is 20.6. The van der Waals surface area contributed by atoms with Crippen molar-refractivity contribution in [3.05, 3.63) is 59.2 Å². The maximum atomic E-state index is 12.5. The highest BCUT2D eigenvalue weighted by Crippen LogP contribution is 2.20. The molecule has 6 nitrogen and oxygen atoms in total. The highest BCUT2D eigenvalue weighted by Gasteiger charge is 2.35. The molecule has 0 saturated carbocycles. The highest BCUT2D eigenvalue weighted by molar-refractivity contribution is 6.31. The number of carbonyl (C=O) groups is 3. The van der Waals surface area contributed by atoms with Crippen molar-refractivity contribution in [2.45, 2.75) is 32.1 Å². The number of nitrogens with one attached hydrogen (secondary N) is 1. The predicted molar refractivity (Wildman–Crippen MR) is 113 cm³/mol. The zero-order valence-corrected chi connectivity index (χ0v) is 16.9. The molecule has 29 heavy (non-hydrogen) atoms. The van der Waals surface area contributed by atoms with Crippen LogP contribution in [-0.4, -0.2) is 41.5 Å². The normalized spacial score (nSPS) is 17.9. The molecule has 0 bridgehead atoms. The first-order valence-corrected chi connectivity index (χ1v) is 10.2. The maximum Gasteiger partial charge on any atom is 0.350 e.